The van der Waals surface area contributed by atoms with Crippen molar-refractivity contribution in [1.82, 2.24) is 10.2 Å². The van der Waals surface area contributed by atoms with Crippen LogP contribution in [-0.2, 0) is 11.2 Å². The number of nitrogens with zero attached hydrogens (tertiary/aromatic N) is 3. The fourth-order valence-electron chi connectivity index (χ4n) is 3.79. The second-order valence-corrected chi connectivity index (χ2v) is 8.48. The van der Waals surface area contributed by atoms with E-state index in [1.54, 1.807) is 30.3 Å². The molecule has 8 nitrogen and oxygen atoms in total. The van der Waals surface area contributed by atoms with E-state index in [2.05, 4.69) is 15.5 Å². The topological polar surface area (TPSA) is 105 Å². The van der Waals surface area contributed by atoms with Gasteiger partial charge in [0.25, 0.3) is 11.8 Å². The molecule has 0 saturated heterocycles. The Morgan fingerprint density at radius 2 is 1.66 bits per heavy atom. The first-order valence-electron chi connectivity index (χ1n) is 10.9. The van der Waals surface area contributed by atoms with E-state index in [1.807, 2.05) is 31.2 Å². The number of aryl methyl sites for hydroxylation is 2. The summed E-state index contributed by atoms with van der Waals surface area (Å²) in [5.74, 6) is -0.391. The second-order valence-electron chi connectivity index (χ2n) is 8.07. The number of aromatic nitrogens is 2. The smallest absolute Gasteiger partial charge is 0.266 e. The molecule has 1 aliphatic rings. The van der Waals surface area contributed by atoms with Crippen LogP contribution in [0.2, 0.25) is 5.02 Å². The van der Waals surface area contributed by atoms with Crippen LogP contribution in [0.1, 0.15) is 38.6 Å². The first-order chi connectivity index (χ1) is 16.9. The van der Waals surface area contributed by atoms with Crippen molar-refractivity contribution in [2.45, 2.75) is 19.8 Å². The number of benzene rings is 3. The van der Waals surface area contributed by atoms with Crippen molar-refractivity contribution >= 4 is 40.7 Å². The Morgan fingerprint density at radius 3 is 2.31 bits per heavy atom. The number of carbonyl (C=O) groups excluding carboxylic acids is 3. The van der Waals surface area contributed by atoms with Crippen molar-refractivity contribution in [1.29, 1.82) is 0 Å². The van der Waals surface area contributed by atoms with Gasteiger partial charge in [0.15, 0.2) is 0 Å². The lowest BCUT2D eigenvalue weighted by Gasteiger charge is -2.16. The van der Waals surface area contributed by atoms with Crippen LogP contribution in [0.25, 0.3) is 11.5 Å². The van der Waals surface area contributed by atoms with Crippen LogP contribution in [0, 0.1) is 6.92 Å². The first kappa shape index (κ1) is 22.5. The molecule has 0 radical (unpaired) electrons. The summed E-state index contributed by atoms with van der Waals surface area (Å²) >= 11 is 6.38. The molecular weight excluding hydrogens is 468 g/mol. The van der Waals surface area contributed by atoms with Crippen LogP contribution in [0.4, 0.5) is 11.4 Å². The molecule has 0 bridgehead atoms. The molecule has 0 spiro atoms. The summed E-state index contributed by atoms with van der Waals surface area (Å²) in [4.78, 5) is 38.9. The van der Waals surface area contributed by atoms with E-state index in [4.69, 9.17) is 16.0 Å². The summed E-state index contributed by atoms with van der Waals surface area (Å²) in [6.45, 7) is 1.99. The lowest BCUT2D eigenvalue weighted by Crippen LogP contribution is -2.29. The van der Waals surface area contributed by atoms with Crippen molar-refractivity contribution in [2.24, 2.45) is 0 Å². The zero-order valence-electron chi connectivity index (χ0n) is 18.6. The van der Waals surface area contributed by atoms with Crippen molar-refractivity contribution in [2.75, 3.05) is 10.2 Å². The molecule has 0 aliphatic carbocycles. The SMILES string of the molecule is Cc1ccc(-c2nnc(CCC(=O)Nc3ccc(N4C(=O)c5ccccc5C4=O)c(Cl)c3)o2)cc1. The molecule has 174 valence electrons. The summed E-state index contributed by atoms with van der Waals surface area (Å²) in [7, 11) is 0. The number of carbonyl (C=O) groups is 3. The van der Waals surface area contributed by atoms with E-state index < -0.39 is 11.8 Å². The van der Waals surface area contributed by atoms with Gasteiger partial charge >= 0.3 is 0 Å². The number of halogens is 1. The van der Waals surface area contributed by atoms with Crippen LogP contribution in [0.5, 0.6) is 0 Å². The Labute approximate surface area is 205 Å². The van der Waals surface area contributed by atoms with Crippen LogP contribution in [0.15, 0.2) is 71.1 Å². The predicted octanol–water partition coefficient (Wildman–Crippen LogP) is 5.07. The monoisotopic (exact) mass is 486 g/mol. The van der Waals surface area contributed by atoms with E-state index in [0.29, 0.717) is 28.6 Å². The van der Waals surface area contributed by atoms with Gasteiger partial charge in [-0.15, -0.1) is 10.2 Å². The maximum Gasteiger partial charge on any atom is 0.266 e. The largest absolute Gasteiger partial charge is 0.421 e. The number of imide groups is 1. The van der Waals surface area contributed by atoms with Crippen LogP contribution in [0.3, 0.4) is 0 Å². The van der Waals surface area contributed by atoms with Gasteiger partial charge in [-0.3, -0.25) is 14.4 Å². The Balaban J connectivity index is 1.22. The molecule has 1 aromatic heterocycles. The molecule has 1 aliphatic heterocycles. The van der Waals surface area contributed by atoms with Gasteiger partial charge in [0.2, 0.25) is 17.7 Å². The number of hydrogen-bond donors (Lipinski definition) is 1. The molecule has 0 fully saturated rings. The molecule has 9 heteroatoms. The van der Waals surface area contributed by atoms with E-state index in [9.17, 15) is 14.4 Å². The highest BCUT2D eigenvalue weighted by atomic mass is 35.5. The van der Waals surface area contributed by atoms with Gasteiger partial charge in [-0.1, -0.05) is 41.4 Å². The normalized spacial score (nSPS) is 12.7. The summed E-state index contributed by atoms with van der Waals surface area (Å²) < 4.78 is 5.66. The maximum absolute atomic E-state index is 12.7. The highest BCUT2D eigenvalue weighted by Gasteiger charge is 2.37. The summed E-state index contributed by atoms with van der Waals surface area (Å²) in [5.41, 5.74) is 3.29. The molecule has 35 heavy (non-hydrogen) atoms. The van der Waals surface area contributed by atoms with Crippen molar-refractivity contribution < 1.29 is 18.8 Å². The molecule has 3 amide bonds. The summed E-state index contributed by atoms with van der Waals surface area (Å²) in [6.07, 6.45) is 0.388. The Morgan fingerprint density at radius 1 is 0.971 bits per heavy atom. The molecule has 1 N–H and O–H groups in total. The van der Waals surface area contributed by atoms with Crippen molar-refractivity contribution in [3.63, 3.8) is 0 Å². The molecule has 0 unspecified atom stereocenters. The number of rotatable bonds is 6. The van der Waals surface area contributed by atoms with Gasteiger partial charge < -0.3 is 9.73 Å². The third-order valence-corrected chi connectivity index (χ3v) is 5.90. The van der Waals surface area contributed by atoms with E-state index in [-0.39, 0.29) is 29.5 Å². The average molecular weight is 487 g/mol. The lowest BCUT2D eigenvalue weighted by atomic mass is 10.1. The van der Waals surface area contributed by atoms with E-state index >= 15 is 0 Å². The van der Waals surface area contributed by atoms with Gasteiger partial charge in [0, 0.05) is 24.1 Å². The molecule has 0 saturated carbocycles. The van der Waals surface area contributed by atoms with Crippen molar-refractivity contribution in [3.05, 3.63) is 94.3 Å². The standard InChI is InChI=1S/C26H19ClN4O4/c1-15-6-8-16(9-7-15)24-30-29-23(35-24)13-12-22(32)28-17-10-11-21(20(27)14-17)31-25(33)18-4-2-3-5-19(18)26(31)34/h2-11,14H,12-13H2,1H3,(H,28,32). The quantitative estimate of drug-likeness (QED) is 0.381. The average Bonchev–Trinajstić information content (AvgIpc) is 3.42. The lowest BCUT2D eigenvalue weighted by molar-refractivity contribution is -0.116. The maximum atomic E-state index is 12.7. The van der Waals surface area contributed by atoms with Gasteiger partial charge in [0.1, 0.15) is 0 Å². The minimum Gasteiger partial charge on any atom is -0.421 e. The zero-order valence-corrected chi connectivity index (χ0v) is 19.4. The van der Waals surface area contributed by atoms with Gasteiger partial charge in [-0.25, -0.2) is 4.90 Å². The Bertz CT molecular complexity index is 1430. The highest BCUT2D eigenvalue weighted by Crippen LogP contribution is 2.34. The number of hydrogen-bond acceptors (Lipinski definition) is 6. The third-order valence-electron chi connectivity index (χ3n) is 5.60. The van der Waals surface area contributed by atoms with Crippen LogP contribution >= 0.6 is 11.6 Å². The fraction of sp³-hybridized carbons (Fsp3) is 0.115. The van der Waals surface area contributed by atoms with Gasteiger partial charge in [0.05, 0.1) is 21.8 Å². The second kappa shape index (κ2) is 9.15. The molecule has 5 rings (SSSR count). The van der Waals surface area contributed by atoms with E-state index in [1.165, 1.54) is 12.1 Å². The third kappa shape index (κ3) is 4.43. The predicted molar refractivity (Wildman–Crippen MR) is 130 cm³/mol. The zero-order chi connectivity index (χ0) is 24.5. The molecule has 2 heterocycles. The molecule has 4 aromatic rings. The van der Waals surface area contributed by atoms with Crippen molar-refractivity contribution in [3.8, 4) is 11.5 Å². The minimum atomic E-state index is -0.436. The summed E-state index contributed by atoms with van der Waals surface area (Å²) in [5, 5.41) is 11.0. The summed E-state index contributed by atoms with van der Waals surface area (Å²) in [6, 6.07) is 18.9. The molecular formula is C26H19ClN4O4. The number of amides is 3. The fourth-order valence-corrected chi connectivity index (χ4v) is 4.05. The van der Waals surface area contributed by atoms with E-state index in [0.717, 1.165) is 16.0 Å². The number of anilines is 2. The Kier molecular flexibility index (Phi) is 5.88. The Hall–Kier alpha value is -4.30. The van der Waals surface area contributed by atoms with Crippen LogP contribution < -0.4 is 10.2 Å². The van der Waals surface area contributed by atoms with Gasteiger partial charge in [-0.05, 0) is 49.4 Å². The molecule has 0 atom stereocenters. The minimum absolute atomic E-state index is 0.118. The van der Waals surface area contributed by atoms with Crippen LogP contribution in [-0.4, -0.2) is 27.9 Å². The highest BCUT2D eigenvalue weighted by molar-refractivity contribution is 6.40. The number of nitrogens with one attached hydrogen (secondary N) is 1. The first-order valence-corrected chi connectivity index (χ1v) is 11.2. The van der Waals surface area contributed by atoms with Gasteiger partial charge in [-0.2, -0.15) is 0 Å². The number of fused-ring (bicyclic) bond motifs is 1. The molecule has 3 aromatic carbocycles.